The summed E-state index contributed by atoms with van der Waals surface area (Å²) in [7, 11) is 0. The quantitative estimate of drug-likeness (QED) is 0.827. The second kappa shape index (κ2) is 6.21. The first kappa shape index (κ1) is 13.4. The number of halogens is 1. The maximum absolute atomic E-state index is 12.0. The lowest BCUT2D eigenvalue weighted by Gasteiger charge is -2.28. The number of aliphatic hydroxyl groups excluding tert-OH is 1. The van der Waals surface area contributed by atoms with Gasteiger partial charge in [-0.2, -0.15) is 0 Å². The summed E-state index contributed by atoms with van der Waals surface area (Å²) < 4.78 is 0. The molecule has 1 amide bonds. The van der Waals surface area contributed by atoms with Crippen molar-refractivity contribution >= 4 is 17.5 Å². The molecule has 2 N–H and O–H groups in total. The molecule has 0 unspecified atom stereocenters. The fourth-order valence-corrected chi connectivity index (χ4v) is 2.45. The van der Waals surface area contributed by atoms with Crippen LogP contribution in [0.25, 0.3) is 0 Å². The molecule has 0 radical (unpaired) electrons. The Morgan fingerprint density at radius 1 is 1.28 bits per heavy atom. The zero-order valence-electron chi connectivity index (χ0n) is 10.2. The topological polar surface area (TPSA) is 49.3 Å². The summed E-state index contributed by atoms with van der Waals surface area (Å²) in [6, 6.07) is 7.11. The van der Waals surface area contributed by atoms with Crippen LogP contribution in [0.2, 0.25) is 0 Å². The van der Waals surface area contributed by atoms with E-state index in [4.69, 9.17) is 11.6 Å². The Morgan fingerprint density at radius 3 is 2.56 bits per heavy atom. The first-order valence-corrected chi connectivity index (χ1v) is 6.88. The van der Waals surface area contributed by atoms with Crippen LogP contribution in [0.1, 0.15) is 41.6 Å². The Hall–Kier alpha value is -1.06. The third-order valence-corrected chi connectivity index (χ3v) is 3.73. The number of nitrogens with one attached hydrogen (secondary N) is 1. The number of hydrogen-bond acceptors (Lipinski definition) is 2. The maximum atomic E-state index is 12.0. The lowest BCUT2D eigenvalue weighted by molar-refractivity contribution is 0.0717. The van der Waals surface area contributed by atoms with Crippen LogP contribution in [0.15, 0.2) is 24.3 Å². The van der Waals surface area contributed by atoms with Crippen molar-refractivity contribution in [1.82, 2.24) is 5.32 Å². The molecule has 0 heterocycles. The summed E-state index contributed by atoms with van der Waals surface area (Å²) in [5.74, 6) is 0.325. The van der Waals surface area contributed by atoms with Gasteiger partial charge in [0.2, 0.25) is 0 Å². The third-order valence-electron chi connectivity index (χ3n) is 3.42. The van der Waals surface area contributed by atoms with E-state index in [0.717, 1.165) is 31.2 Å². The number of rotatable bonds is 3. The highest BCUT2D eigenvalue weighted by atomic mass is 35.5. The van der Waals surface area contributed by atoms with Crippen LogP contribution in [-0.2, 0) is 5.88 Å². The average molecular weight is 268 g/mol. The highest BCUT2D eigenvalue weighted by molar-refractivity contribution is 6.17. The van der Waals surface area contributed by atoms with Crippen LogP contribution in [0.5, 0.6) is 0 Å². The number of aliphatic hydroxyl groups is 1. The van der Waals surface area contributed by atoms with E-state index in [1.54, 1.807) is 12.1 Å². The van der Waals surface area contributed by atoms with E-state index < -0.39 is 6.10 Å². The molecular weight excluding hydrogens is 250 g/mol. The molecule has 1 saturated carbocycles. The van der Waals surface area contributed by atoms with E-state index in [0.29, 0.717) is 11.4 Å². The van der Waals surface area contributed by atoms with E-state index in [2.05, 4.69) is 5.32 Å². The van der Waals surface area contributed by atoms with Gasteiger partial charge in [-0.15, -0.1) is 11.6 Å². The molecule has 0 bridgehead atoms. The summed E-state index contributed by atoms with van der Waals surface area (Å²) in [6.45, 7) is 0. The first-order chi connectivity index (χ1) is 8.70. The van der Waals surface area contributed by atoms with Crippen LogP contribution >= 0.6 is 11.6 Å². The van der Waals surface area contributed by atoms with Gasteiger partial charge in [0.1, 0.15) is 0 Å². The molecule has 3 nitrogen and oxygen atoms in total. The Balaban J connectivity index is 1.97. The first-order valence-electron chi connectivity index (χ1n) is 6.34. The van der Waals surface area contributed by atoms with Crippen LogP contribution in [0, 0.1) is 0 Å². The highest BCUT2D eigenvalue weighted by Gasteiger charge is 2.24. The zero-order valence-corrected chi connectivity index (χ0v) is 11.0. The molecule has 0 saturated heterocycles. The number of benzene rings is 1. The second-order valence-electron chi connectivity index (χ2n) is 4.76. The van der Waals surface area contributed by atoms with E-state index in [1.165, 1.54) is 0 Å². The normalized spacial score (nSPS) is 23.7. The van der Waals surface area contributed by atoms with Gasteiger partial charge in [-0.1, -0.05) is 25.0 Å². The Bertz CT molecular complexity index is 405. The maximum Gasteiger partial charge on any atom is 0.251 e. The largest absolute Gasteiger partial charge is 0.391 e. The van der Waals surface area contributed by atoms with Crippen molar-refractivity contribution in [3.8, 4) is 0 Å². The lowest BCUT2D eigenvalue weighted by Crippen LogP contribution is -2.45. The predicted octanol–water partition coefficient (Wildman–Crippen LogP) is 2.46. The SMILES string of the molecule is O=C(N[C@@H]1CCCC[C@H]1O)c1ccc(CCl)cc1. The molecule has 1 aromatic rings. The van der Waals surface area contributed by atoms with Crippen molar-refractivity contribution in [3.05, 3.63) is 35.4 Å². The van der Waals surface area contributed by atoms with Crippen LogP contribution in [0.3, 0.4) is 0 Å². The van der Waals surface area contributed by atoms with Gasteiger partial charge in [0.25, 0.3) is 5.91 Å². The molecule has 1 aromatic carbocycles. The van der Waals surface area contributed by atoms with Crippen LogP contribution < -0.4 is 5.32 Å². The number of hydrogen-bond donors (Lipinski definition) is 2. The second-order valence-corrected chi connectivity index (χ2v) is 5.03. The minimum atomic E-state index is -0.412. The van der Waals surface area contributed by atoms with Gasteiger partial charge in [-0.05, 0) is 30.5 Å². The highest BCUT2D eigenvalue weighted by Crippen LogP contribution is 2.18. The van der Waals surface area contributed by atoms with Crippen molar-refractivity contribution in [2.45, 2.75) is 43.7 Å². The summed E-state index contributed by atoms with van der Waals surface area (Å²) in [5.41, 5.74) is 1.60. The van der Waals surface area contributed by atoms with Gasteiger partial charge in [-0.3, -0.25) is 4.79 Å². The molecule has 1 fully saturated rings. The molecule has 18 heavy (non-hydrogen) atoms. The van der Waals surface area contributed by atoms with Crippen molar-refractivity contribution < 1.29 is 9.90 Å². The van der Waals surface area contributed by atoms with E-state index in [1.807, 2.05) is 12.1 Å². The van der Waals surface area contributed by atoms with Gasteiger partial charge >= 0.3 is 0 Å². The molecule has 2 atom stereocenters. The molecule has 0 aromatic heterocycles. The molecule has 98 valence electrons. The molecule has 2 rings (SSSR count). The average Bonchev–Trinajstić information content (AvgIpc) is 2.41. The summed E-state index contributed by atoms with van der Waals surface area (Å²) >= 11 is 5.70. The number of carbonyl (C=O) groups is 1. The molecule has 1 aliphatic rings. The third kappa shape index (κ3) is 3.24. The van der Waals surface area contributed by atoms with Crippen LogP contribution in [0.4, 0.5) is 0 Å². The standard InChI is InChI=1S/C14H18ClNO2/c15-9-10-5-7-11(8-6-10)14(18)16-12-3-1-2-4-13(12)17/h5-8,12-13,17H,1-4,9H2,(H,16,18)/t12-,13-/m1/s1. The number of alkyl halides is 1. The smallest absolute Gasteiger partial charge is 0.251 e. The van der Waals surface area contributed by atoms with Crippen molar-refractivity contribution in [2.24, 2.45) is 0 Å². The van der Waals surface area contributed by atoms with E-state index in [-0.39, 0.29) is 11.9 Å². The molecule has 4 heteroatoms. The van der Waals surface area contributed by atoms with Crippen molar-refractivity contribution in [3.63, 3.8) is 0 Å². The number of amides is 1. The molecular formula is C14H18ClNO2. The van der Waals surface area contributed by atoms with Gasteiger partial charge < -0.3 is 10.4 Å². The summed E-state index contributed by atoms with van der Waals surface area (Å²) in [4.78, 5) is 12.0. The molecule has 0 spiro atoms. The summed E-state index contributed by atoms with van der Waals surface area (Å²) in [6.07, 6.45) is 3.32. The van der Waals surface area contributed by atoms with Crippen molar-refractivity contribution in [2.75, 3.05) is 0 Å². The van der Waals surface area contributed by atoms with Gasteiger partial charge in [0.15, 0.2) is 0 Å². The van der Waals surface area contributed by atoms with Crippen LogP contribution in [-0.4, -0.2) is 23.2 Å². The fraction of sp³-hybridized carbons (Fsp3) is 0.500. The van der Waals surface area contributed by atoms with Gasteiger partial charge in [0, 0.05) is 11.4 Å². The van der Waals surface area contributed by atoms with Gasteiger partial charge in [-0.25, -0.2) is 0 Å². The number of carbonyl (C=O) groups excluding carboxylic acids is 1. The monoisotopic (exact) mass is 267 g/mol. The predicted molar refractivity (Wildman–Crippen MR) is 71.7 cm³/mol. The minimum absolute atomic E-state index is 0.112. The Kier molecular flexibility index (Phi) is 4.61. The Labute approximate surface area is 112 Å². The van der Waals surface area contributed by atoms with E-state index >= 15 is 0 Å². The molecule has 0 aliphatic heterocycles. The Morgan fingerprint density at radius 2 is 1.94 bits per heavy atom. The molecule has 1 aliphatic carbocycles. The van der Waals surface area contributed by atoms with Gasteiger partial charge in [0.05, 0.1) is 12.1 Å². The summed E-state index contributed by atoms with van der Waals surface area (Å²) in [5, 5.41) is 12.7. The van der Waals surface area contributed by atoms with Crippen molar-refractivity contribution in [1.29, 1.82) is 0 Å². The zero-order chi connectivity index (χ0) is 13.0. The van der Waals surface area contributed by atoms with E-state index in [9.17, 15) is 9.90 Å². The lowest BCUT2D eigenvalue weighted by atomic mass is 9.92. The minimum Gasteiger partial charge on any atom is -0.391 e. The fourth-order valence-electron chi connectivity index (χ4n) is 2.28.